The van der Waals surface area contributed by atoms with Gasteiger partial charge in [-0.2, -0.15) is 0 Å². The number of benzene rings is 1. The molecule has 0 aromatic heterocycles. The molecule has 0 N–H and O–H groups in total. The molecule has 0 fully saturated rings. The van der Waals surface area contributed by atoms with Crippen molar-refractivity contribution in [3.8, 4) is 5.75 Å². The molecule has 0 heterocycles. The van der Waals surface area contributed by atoms with Crippen molar-refractivity contribution in [1.82, 2.24) is 0 Å². The summed E-state index contributed by atoms with van der Waals surface area (Å²) in [5.41, 5.74) is 2.88. The molecule has 0 aliphatic rings. The lowest BCUT2D eigenvalue weighted by Gasteiger charge is -2.24. The Labute approximate surface area is 177 Å². The molecule has 0 unspecified atom stereocenters. The second-order valence-corrected chi connectivity index (χ2v) is 10.8. The Balaban J connectivity index is 2.85. The SMILES string of the molecule is CCCCOP(=O)(CCC(=O)Oc1c(C)cc(C)cc1C(C)(C)C)OCCCC. The molecule has 0 radical (unpaired) electrons. The third-order valence-corrected chi connectivity index (χ3v) is 6.53. The first kappa shape index (κ1) is 25.9. The van der Waals surface area contributed by atoms with Crippen LogP contribution in [0, 0.1) is 13.8 Å². The van der Waals surface area contributed by atoms with E-state index in [1.807, 2.05) is 33.8 Å². The fraction of sp³-hybridized carbons (Fsp3) is 0.696. The van der Waals surface area contributed by atoms with Crippen LogP contribution in [0.5, 0.6) is 5.75 Å². The number of esters is 1. The number of hydrogen-bond acceptors (Lipinski definition) is 5. The Morgan fingerprint density at radius 2 is 1.55 bits per heavy atom. The minimum Gasteiger partial charge on any atom is -0.426 e. The van der Waals surface area contributed by atoms with Crippen LogP contribution in [0.4, 0.5) is 0 Å². The second-order valence-electron chi connectivity index (χ2n) is 8.64. The molecular weight excluding hydrogens is 387 g/mol. The van der Waals surface area contributed by atoms with E-state index < -0.39 is 13.6 Å². The van der Waals surface area contributed by atoms with Crippen molar-refractivity contribution in [2.75, 3.05) is 19.4 Å². The number of aryl methyl sites for hydroxylation is 2. The number of rotatable bonds is 12. The van der Waals surface area contributed by atoms with Gasteiger partial charge in [0, 0.05) is 5.56 Å². The molecule has 1 rings (SSSR count). The molecular formula is C23H39O5P. The third-order valence-electron chi connectivity index (χ3n) is 4.60. The standard InChI is InChI=1S/C23H39O5P/c1-8-10-13-26-29(25,27-14-11-9-2)15-12-21(24)28-22-19(4)16-18(3)17-20(22)23(5,6)7/h16-17H,8-15H2,1-7H3. The van der Waals surface area contributed by atoms with E-state index in [9.17, 15) is 9.36 Å². The number of ether oxygens (including phenoxy) is 1. The maximum Gasteiger partial charge on any atom is 0.331 e. The van der Waals surface area contributed by atoms with Gasteiger partial charge in [0.1, 0.15) is 5.75 Å². The van der Waals surface area contributed by atoms with Crippen molar-refractivity contribution in [1.29, 1.82) is 0 Å². The number of unbranched alkanes of at least 4 members (excludes halogenated alkanes) is 2. The van der Waals surface area contributed by atoms with Crippen LogP contribution in [0.15, 0.2) is 12.1 Å². The highest BCUT2D eigenvalue weighted by Gasteiger charge is 2.27. The van der Waals surface area contributed by atoms with Crippen molar-refractivity contribution >= 4 is 13.6 Å². The molecule has 1 aromatic rings. The quantitative estimate of drug-likeness (QED) is 0.161. The Morgan fingerprint density at radius 1 is 1.00 bits per heavy atom. The lowest BCUT2D eigenvalue weighted by atomic mass is 9.84. The van der Waals surface area contributed by atoms with E-state index in [0.29, 0.717) is 19.0 Å². The average Bonchev–Trinajstić information content (AvgIpc) is 2.62. The summed E-state index contributed by atoms with van der Waals surface area (Å²) in [6, 6.07) is 4.06. The zero-order chi connectivity index (χ0) is 22.1. The monoisotopic (exact) mass is 426 g/mol. The van der Waals surface area contributed by atoms with Gasteiger partial charge in [0.25, 0.3) is 0 Å². The third kappa shape index (κ3) is 9.02. The fourth-order valence-electron chi connectivity index (χ4n) is 2.90. The number of hydrogen-bond donors (Lipinski definition) is 0. The molecule has 29 heavy (non-hydrogen) atoms. The Hall–Kier alpha value is -1.16. The van der Waals surface area contributed by atoms with Gasteiger partial charge in [0.2, 0.25) is 0 Å². The van der Waals surface area contributed by atoms with Crippen molar-refractivity contribution < 1.29 is 23.1 Å². The Kier molecular flexibility index (Phi) is 10.6. The molecule has 0 atom stereocenters. The van der Waals surface area contributed by atoms with E-state index in [0.717, 1.165) is 42.4 Å². The maximum absolute atomic E-state index is 13.0. The van der Waals surface area contributed by atoms with Gasteiger partial charge in [-0.3, -0.25) is 9.36 Å². The van der Waals surface area contributed by atoms with E-state index in [1.54, 1.807) is 0 Å². The van der Waals surface area contributed by atoms with Crippen LogP contribution < -0.4 is 4.74 Å². The summed E-state index contributed by atoms with van der Waals surface area (Å²) in [6.45, 7) is 15.1. The second kappa shape index (κ2) is 11.9. The van der Waals surface area contributed by atoms with Crippen LogP contribution >= 0.6 is 7.60 Å². The summed E-state index contributed by atoms with van der Waals surface area (Å²) in [7, 11) is -3.30. The predicted octanol–water partition coefficient (Wildman–Crippen LogP) is 6.72. The van der Waals surface area contributed by atoms with Crippen molar-refractivity contribution in [2.24, 2.45) is 0 Å². The summed E-state index contributed by atoms with van der Waals surface area (Å²) in [4.78, 5) is 12.6. The predicted molar refractivity (Wildman–Crippen MR) is 119 cm³/mol. The van der Waals surface area contributed by atoms with Gasteiger partial charge in [-0.1, -0.05) is 65.2 Å². The molecule has 0 saturated carbocycles. The average molecular weight is 427 g/mol. The van der Waals surface area contributed by atoms with Crippen LogP contribution in [0.25, 0.3) is 0 Å². The van der Waals surface area contributed by atoms with E-state index >= 15 is 0 Å². The molecule has 166 valence electrons. The van der Waals surface area contributed by atoms with Crippen molar-refractivity contribution in [2.45, 2.75) is 86.0 Å². The zero-order valence-electron chi connectivity index (χ0n) is 19.3. The zero-order valence-corrected chi connectivity index (χ0v) is 20.2. The highest BCUT2D eigenvalue weighted by Crippen LogP contribution is 2.49. The van der Waals surface area contributed by atoms with Gasteiger partial charge in [-0.05, 0) is 37.7 Å². The minimum absolute atomic E-state index is 0.00751. The summed E-state index contributed by atoms with van der Waals surface area (Å²) < 4.78 is 29.9. The van der Waals surface area contributed by atoms with Crippen LogP contribution in [0.3, 0.4) is 0 Å². The highest BCUT2D eigenvalue weighted by atomic mass is 31.2. The summed E-state index contributed by atoms with van der Waals surface area (Å²) in [6.07, 6.45) is 3.53. The van der Waals surface area contributed by atoms with Crippen LogP contribution in [0.2, 0.25) is 0 Å². The summed E-state index contributed by atoms with van der Waals surface area (Å²) >= 11 is 0. The Bertz CT molecular complexity index is 692. The fourth-order valence-corrected chi connectivity index (χ4v) is 4.51. The summed E-state index contributed by atoms with van der Waals surface area (Å²) in [5.74, 6) is 0.183. The van der Waals surface area contributed by atoms with Gasteiger partial charge in [0.15, 0.2) is 0 Å². The largest absolute Gasteiger partial charge is 0.426 e. The molecule has 0 aliphatic carbocycles. The highest BCUT2D eigenvalue weighted by molar-refractivity contribution is 7.53. The van der Waals surface area contributed by atoms with Gasteiger partial charge in [0.05, 0.1) is 25.8 Å². The van der Waals surface area contributed by atoms with Crippen molar-refractivity contribution in [3.63, 3.8) is 0 Å². The lowest BCUT2D eigenvalue weighted by molar-refractivity contribution is -0.134. The summed E-state index contributed by atoms with van der Waals surface area (Å²) in [5, 5.41) is 0. The lowest BCUT2D eigenvalue weighted by Crippen LogP contribution is -2.18. The number of carbonyl (C=O) groups is 1. The smallest absolute Gasteiger partial charge is 0.331 e. The van der Waals surface area contributed by atoms with Crippen LogP contribution in [0.1, 0.15) is 83.4 Å². The first-order chi connectivity index (χ1) is 13.5. The maximum atomic E-state index is 13.0. The molecule has 0 amide bonds. The van der Waals surface area contributed by atoms with E-state index in [-0.39, 0.29) is 18.0 Å². The van der Waals surface area contributed by atoms with Gasteiger partial charge in [-0.25, -0.2) is 0 Å². The first-order valence-corrected chi connectivity index (χ1v) is 12.5. The van der Waals surface area contributed by atoms with E-state index in [2.05, 4.69) is 26.8 Å². The van der Waals surface area contributed by atoms with Crippen molar-refractivity contribution in [3.05, 3.63) is 28.8 Å². The van der Waals surface area contributed by atoms with Gasteiger partial charge < -0.3 is 13.8 Å². The normalized spacial score (nSPS) is 12.2. The topological polar surface area (TPSA) is 61.8 Å². The molecule has 5 nitrogen and oxygen atoms in total. The van der Waals surface area contributed by atoms with Crippen LogP contribution in [-0.4, -0.2) is 25.3 Å². The molecule has 0 saturated heterocycles. The minimum atomic E-state index is -3.30. The van der Waals surface area contributed by atoms with E-state index in [4.69, 9.17) is 13.8 Å². The van der Waals surface area contributed by atoms with Gasteiger partial charge >= 0.3 is 13.6 Å². The Morgan fingerprint density at radius 3 is 2.03 bits per heavy atom. The molecule has 0 bridgehead atoms. The van der Waals surface area contributed by atoms with E-state index in [1.165, 1.54) is 0 Å². The van der Waals surface area contributed by atoms with Gasteiger partial charge in [-0.15, -0.1) is 0 Å². The molecule has 1 aromatic carbocycles. The molecule has 6 heteroatoms. The number of carbonyl (C=O) groups excluding carboxylic acids is 1. The van der Waals surface area contributed by atoms with Crippen LogP contribution in [-0.2, 0) is 23.8 Å². The molecule has 0 aliphatic heterocycles. The molecule has 0 spiro atoms. The first-order valence-electron chi connectivity index (χ1n) is 10.7.